The first kappa shape index (κ1) is 14.9. The van der Waals surface area contributed by atoms with Gasteiger partial charge in [-0.25, -0.2) is 0 Å². The lowest BCUT2D eigenvalue weighted by Crippen LogP contribution is -2.25. The molecule has 1 atom stereocenters. The minimum absolute atomic E-state index is 0.306. The quantitative estimate of drug-likeness (QED) is 0.644. The lowest BCUT2D eigenvalue weighted by Gasteiger charge is -2.24. The number of para-hydroxylation sites is 1. The van der Waals surface area contributed by atoms with E-state index >= 15 is 0 Å². The van der Waals surface area contributed by atoms with Gasteiger partial charge < -0.3 is 14.2 Å². The van der Waals surface area contributed by atoms with Crippen LogP contribution in [0.3, 0.4) is 0 Å². The van der Waals surface area contributed by atoms with Gasteiger partial charge in [0.25, 0.3) is 0 Å². The van der Waals surface area contributed by atoms with Crippen LogP contribution in [0.4, 0.5) is 0 Å². The van der Waals surface area contributed by atoms with E-state index in [2.05, 4.69) is 0 Å². The number of benzene rings is 2. The van der Waals surface area contributed by atoms with Crippen LogP contribution >= 0.6 is 0 Å². The van der Waals surface area contributed by atoms with Gasteiger partial charge in [0.15, 0.2) is 11.5 Å². The summed E-state index contributed by atoms with van der Waals surface area (Å²) in [5.41, 5.74) is 1.27. The first-order valence-electron chi connectivity index (χ1n) is 7.24. The molecule has 3 rings (SSSR count). The molecule has 2 aromatic rings. The normalized spacial score (nSPS) is 15.7. The van der Waals surface area contributed by atoms with Crippen LogP contribution in [0.1, 0.15) is 23.5 Å². The standard InChI is InChI=1S/C18H15NO4/c1-21-17-10-12(11-19)6-7-16(17)23-18(20)14-8-9-22-15-5-3-2-4-13(14)15/h2-7,10,14H,8-9H2,1H3. The molecule has 0 bridgehead atoms. The molecule has 0 radical (unpaired) electrons. The Morgan fingerprint density at radius 3 is 2.87 bits per heavy atom. The van der Waals surface area contributed by atoms with E-state index < -0.39 is 0 Å². The van der Waals surface area contributed by atoms with Crippen molar-refractivity contribution in [3.63, 3.8) is 0 Å². The Balaban J connectivity index is 1.85. The Kier molecular flexibility index (Phi) is 4.15. The van der Waals surface area contributed by atoms with Crippen LogP contribution in [0.15, 0.2) is 42.5 Å². The number of hydrogen-bond donors (Lipinski definition) is 0. The van der Waals surface area contributed by atoms with Crippen LogP contribution in [-0.4, -0.2) is 19.7 Å². The van der Waals surface area contributed by atoms with E-state index in [4.69, 9.17) is 19.5 Å². The van der Waals surface area contributed by atoms with Gasteiger partial charge in [-0.1, -0.05) is 18.2 Å². The molecular formula is C18H15NO4. The summed E-state index contributed by atoms with van der Waals surface area (Å²) in [7, 11) is 1.47. The number of fused-ring (bicyclic) bond motifs is 1. The Bertz CT molecular complexity index is 779. The molecule has 0 saturated heterocycles. The van der Waals surface area contributed by atoms with Crippen molar-refractivity contribution in [1.29, 1.82) is 5.26 Å². The average Bonchev–Trinajstić information content (AvgIpc) is 2.61. The number of nitrogens with zero attached hydrogens (tertiary/aromatic N) is 1. The second-order valence-electron chi connectivity index (χ2n) is 5.13. The molecule has 0 saturated carbocycles. The minimum atomic E-state index is -0.375. The van der Waals surface area contributed by atoms with Crippen LogP contribution in [0.2, 0.25) is 0 Å². The zero-order valence-corrected chi connectivity index (χ0v) is 12.6. The number of nitriles is 1. The fraction of sp³-hybridized carbons (Fsp3) is 0.222. The molecular weight excluding hydrogens is 294 g/mol. The number of methoxy groups -OCH3 is 1. The molecule has 23 heavy (non-hydrogen) atoms. The molecule has 0 aliphatic carbocycles. The highest BCUT2D eigenvalue weighted by atomic mass is 16.6. The molecule has 5 nitrogen and oxygen atoms in total. The van der Waals surface area contributed by atoms with Crippen molar-refractivity contribution in [1.82, 2.24) is 0 Å². The summed E-state index contributed by atoms with van der Waals surface area (Å²) in [6, 6.07) is 14.2. The molecule has 0 fully saturated rings. The van der Waals surface area contributed by atoms with Crippen LogP contribution in [-0.2, 0) is 4.79 Å². The smallest absolute Gasteiger partial charge is 0.319 e. The summed E-state index contributed by atoms with van der Waals surface area (Å²) in [4.78, 5) is 12.6. The van der Waals surface area contributed by atoms with E-state index in [1.165, 1.54) is 7.11 Å². The Labute approximate surface area is 134 Å². The van der Waals surface area contributed by atoms with E-state index in [-0.39, 0.29) is 11.9 Å². The third kappa shape index (κ3) is 2.97. The van der Waals surface area contributed by atoms with Gasteiger partial charge in [0.1, 0.15) is 5.75 Å². The third-order valence-corrected chi connectivity index (χ3v) is 3.75. The zero-order chi connectivity index (χ0) is 16.2. The van der Waals surface area contributed by atoms with Crippen LogP contribution < -0.4 is 14.2 Å². The van der Waals surface area contributed by atoms with Gasteiger partial charge in [0.2, 0.25) is 0 Å². The lowest BCUT2D eigenvalue weighted by atomic mass is 9.93. The van der Waals surface area contributed by atoms with E-state index in [9.17, 15) is 4.79 Å². The Hall–Kier alpha value is -3.00. The molecule has 2 aromatic carbocycles. The summed E-state index contributed by atoms with van der Waals surface area (Å²) < 4.78 is 16.3. The predicted molar refractivity (Wildman–Crippen MR) is 82.6 cm³/mol. The number of rotatable bonds is 3. The SMILES string of the molecule is COc1cc(C#N)ccc1OC(=O)C1CCOc2ccccc21. The summed E-state index contributed by atoms with van der Waals surface area (Å²) >= 11 is 0. The van der Waals surface area contributed by atoms with Gasteiger partial charge in [-0.15, -0.1) is 0 Å². The summed E-state index contributed by atoms with van der Waals surface area (Å²) in [5, 5.41) is 8.92. The fourth-order valence-corrected chi connectivity index (χ4v) is 2.59. The molecule has 1 heterocycles. The van der Waals surface area contributed by atoms with E-state index in [0.717, 1.165) is 5.56 Å². The summed E-state index contributed by atoms with van der Waals surface area (Å²) in [5.74, 6) is 0.648. The van der Waals surface area contributed by atoms with E-state index in [1.54, 1.807) is 18.2 Å². The van der Waals surface area contributed by atoms with Crippen molar-refractivity contribution < 1.29 is 19.0 Å². The van der Waals surface area contributed by atoms with Crippen LogP contribution in [0.25, 0.3) is 0 Å². The van der Waals surface area contributed by atoms with Crippen molar-refractivity contribution in [3.05, 3.63) is 53.6 Å². The highest BCUT2D eigenvalue weighted by molar-refractivity contribution is 5.82. The number of esters is 1. The van der Waals surface area contributed by atoms with Crippen molar-refractivity contribution in [3.8, 4) is 23.3 Å². The van der Waals surface area contributed by atoms with Crippen molar-refractivity contribution in [2.75, 3.05) is 13.7 Å². The second kappa shape index (κ2) is 6.41. The first-order valence-corrected chi connectivity index (χ1v) is 7.24. The summed E-state index contributed by atoms with van der Waals surface area (Å²) in [6.07, 6.45) is 0.564. The molecule has 0 amide bonds. The minimum Gasteiger partial charge on any atom is -0.493 e. The molecule has 0 spiro atoms. The molecule has 0 aromatic heterocycles. The van der Waals surface area contributed by atoms with Crippen molar-refractivity contribution in [2.45, 2.75) is 12.3 Å². The average molecular weight is 309 g/mol. The first-order chi connectivity index (χ1) is 11.2. The molecule has 1 unspecified atom stereocenters. The number of carbonyl (C=O) groups excluding carboxylic acids is 1. The van der Waals surface area contributed by atoms with Gasteiger partial charge in [-0.2, -0.15) is 5.26 Å². The van der Waals surface area contributed by atoms with Crippen LogP contribution in [0.5, 0.6) is 17.2 Å². The maximum atomic E-state index is 12.6. The van der Waals surface area contributed by atoms with Crippen LogP contribution in [0, 0.1) is 11.3 Å². The molecule has 116 valence electrons. The van der Waals surface area contributed by atoms with E-state index in [1.807, 2.05) is 30.3 Å². The number of ether oxygens (including phenoxy) is 3. The Morgan fingerprint density at radius 2 is 2.09 bits per heavy atom. The molecule has 1 aliphatic rings. The van der Waals surface area contributed by atoms with Gasteiger partial charge in [-0.05, 0) is 24.6 Å². The maximum absolute atomic E-state index is 12.6. The van der Waals surface area contributed by atoms with E-state index in [0.29, 0.717) is 35.8 Å². The third-order valence-electron chi connectivity index (χ3n) is 3.75. The summed E-state index contributed by atoms with van der Waals surface area (Å²) in [6.45, 7) is 0.473. The van der Waals surface area contributed by atoms with Gasteiger partial charge in [0.05, 0.1) is 31.3 Å². The number of hydrogen-bond acceptors (Lipinski definition) is 5. The Morgan fingerprint density at radius 1 is 1.26 bits per heavy atom. The highest BCUT2D eigenvalue weighted by Gasteiger charge is 2.29. The highest BCUT2D eigenvalue weighted by Crippen LogP contribution is 2.36. The second-order valence-corrected chi connectivity index (χ2v) is 5.13. The van der Waals surface area contributed by atoms with Crippen molar-refractivity contribution >= 4 is 5.97 Å². The maximum Gasteiger partial charge on any atom is 0.319 e. The lowest BCUT2D eigenvalue weighted by molar-refractivity contribution is -0.136. The predicted octanol–water partition coefficient (Wildman–Crippen LogP) is 3.04. The van der Waals surface area contributed by atoms with Gasteiger partial charge in [0, 0.05) is 11.6 Å². The van der Waals surface area contributed by atoms with Crippen molar-refractivity contribution in [2.24, 2.45) is 0 Å². The van der Waals surface area contributed by atoms with Gasteiger partial charge >= 0.3 is 5.97 Å². The molecule has 1 aliphatic heterocycles. The number of carbonyl (C=O) groups is 1. The monoisotopic (exact) mass is 309 g/mol. The van der Waals surface area contributed by atoms with Gasteiger partial charge in [-0.3, -0.25) is 4.79 Å². The fourth-order valence-electron chi connectivity index (χ4n) is 2.59. The largest absolute Gasteiger partial charge is 0.493 e. The molecule has 5 heteroatoms. The molecule has 0 N–H and O–H groups in total. The topological polar surface area (TPSA) is 68.5 Å². The zero-order valence-electron chi connectivity index (χ0n) is 12.6.